The Morgan fingerprint density at radius 3 is 2.50 bits per heavy atom. The third-order valence-electron chi connectivity index (χ3n) is 4.08. The van der Waals surface area contributed by atoms with Crippen LogP contribution in [0.5, 0.6) is 0 Å². The Hall–Kier alpha value is -1.06. The van der Waals surface area contributed by atoms with E-state index in [1.165, 1.54) is 50.1 Å². The number of rotatable bonds is 8. The highest BCUT2D eigenvalue weighted by molar-refractivity contribution is 5.46. The predicted octanol–water partition coefficient (Wildman–Crippen LogP) is 2.72. The molecule has 0 atom stereocenters. The summed E-state index contributed by atoms with van der Waals surface area (Å²) in [6, 6.07) is 8.97. The van der Waals surface area contributed by atoms with Crippen molar-refractivity contribution in [1.29, 1.82) is 0 Å². The first-order valence-corrected chi connectivity index (χ1v) is 8.02. The number of nitrogens with one attached hydrogen (secondary N) is 1. The van der Waals surface area contributed by atoms with Gasteiger partial charge in [-0.1, -0.05) is 19.1 Å². The normalized spacial score (nSPS) is 15.7. The van der Waals surface area contributed by atoms with E-state index >= 15 is 0 Å². The van der Waals surface area contributed by atoms with Gasteiger partial charge in [-0.05, 0) is 56.6 Å². The maximum atomic E-state index is 3.44. The standard InChI is InChI=1S/C17H29N3/c1-3-10-18-15-16-6-8-17(9-7-16)19(2)13-14-20-11-4-5-12-20/h6-9,18H,3-5,10-15H2,1-2H3. The van der Waals surface area contributed by atoms with Crippen molar-refractivity contribution < 1.29 is 0 Å². The minimum atomic E-state index is 0.978. The SMILES string of the molecule is CCCNCc1ccc(N(C)CCN2CCCC2)cc1. The van der Waals surface area contributed by atoms with Gasteiger partial charge in [-0.3, -0.25) is 0 Å². The van der Waals surface area contributed by atoms with E-state index in [0.717, 1.165) is 19.6 Å². The number of likely N-dealkylation sites (tertiary alicyclic amines) is 1. The summed E-state index contributed by atoms with van der Waals surface area (Å²) in [7, 11) is 2.19. The maximum absolute atomic E-state index is 3.44. The maximum Gasteiger partial charge on any atom is 0.0364 e. The molecule has 20 heavy (non-hydrogen) atoms. The summed E-state index contributed by atoms with van der Waals surface area (Å²) in [4.78, 5) is 4.93. The van der Waals surface area contributed by atoms with Crippen LogP contribution in [0.4, 0.5) is 5.69 Å². The molecule has 0 aromatic heterocycles. The highest BCUT2D eigenvalue weighted by Crippen LogP contribution is 2.14. The van der Waals surface area contributed by atoms with E-state index < -0.39 is 0 Å². The van der Waals surface area contributed by atoms with Crippen molar-refractivity contribution in [3.63, 3.8) is 0 Å². The molecule has 1 saturated heterocycles. The van der Waals surface area contributed by atoms with Crippen LogP contribution in [0.15, 0.2) is 24.3 Å². The van der Waals surface area contributed by atoms with Gasteiger partial charge in [0.25, 0.3) is 0 Å². The molecule has 1 aliphatic rings. The van der Waals surface area contributed by atoms with Gasteiger partial charge >= 0.3 is 0 Å². The number of hydrogen-bond donors (Lipinski definition) is 1. The van der Waals surface area contributed by atoms with Gasteiger partial charge in [-0.15, -0.1) is 0 Å². The monoisotopic (exact) mass is 275 g/mol. The molecule has 2 rings (SSSR count). The van der Waals surface area contributed by atoms with E-state index in [1.54, 1.807) is 0 Å². The number of benzene rings is 1. The molecule has 112 valence electrons. The molecule has 1 aromatic carbocycles. The largest absolute Gasteiger partial charge is 0.373 e. The zero-order valence-corrected chi connectivity index (χ0v) is 13.1. The van der Waals surface area contributed by atoms with Gasteiger partial charge in [0.2, 0.25) is 0 Å². The van der Waals surface area contributed by atoms with Crippen LogP contribution in [0.3, 0.4) is 0 Å². The van der Waals surface area contributed by atoms with E-state index in [4.69, 9.17) is 0 Å². The summed E-state index contributed by atoms with van der Waals surface area (Å²) in [5, 5.41) is 3.44. The van der Waals surface area contributed by atoms with Gasteiger partial charge in [-0.2, -0.15) is 0 Å². The van der Waals surface area contributed by atoms with E-state index in [1.807, 2.05) is 0 Å². The van der Waals surface area contributed by atoms with Crippen LogP contribution in [0.1, 0.15) is 31.7 Å². The summed E-state index contributed by atoms with van der Waals surface area (Å²) < 4.78 is 0. The first kappa shape index (κ1) is 15.3. The lowest BCUT2D eigenvalue weighted by Crippen LogP contribution is -2.31. The molecule has 0 radical (unpaired) electrons. The smallest absolute Gasteiger partial charge is 0.0364 e. The molecule has 0 spiro atoms. The molecule has 0 amide bonds. The lowest BCUT2D eigenvalue weighted by molar-refractivity contribution is 0.346. The van der Waals surface area contributed by atoms with Crippen molar-refractivity contribution in [2.24, 2.45) is 0 Å². The van der Waals surface area contributed by atoms with Gasteiger partial charge in [0.05, 0.1) is 0 Å². The lowest BCUT2D eigenvalue weighted by Gasteiger charge is -2.23. The number of hydrogen-bond acceptors (Lipinski definition) is 3. The fourth-order valence-corrected chi connectivity index (χ4v) is 2.70. The Labute approximate surface area is 124 Å². The van der Waals surface area contributed by atoms with Crippen LogP contribution < -0.4 is 10.2 Å². The first-order chi connectivity index (χ1) is 9.79. The quantitative estimate of drug-likeness (QED) is 0.736. The van der Waals surface area contributed by atoms with Gasteiger partial charge in [0, 0.05) is 32.4 Å². The molecule has 3 heteroatoms. The van der Waals surface area contributed by atoms with Crippen molar-refractivity contribution in [2.45, 2.75) is 32.7 Å². The summed E-state index contributed by atoms with van der Waals surface area (Å²) in [6.45, 7) is 9.16. The number of anilines is 1. The second kappa shape index (κ2) is 8.28. The second-order valence-electron chi connectivity index (χ2n) is 5.81. The average molecular weight is 275 g/mol. The van der Waals surface area contributed by atoms with Crippen molar-refractivity contribution in [2.75, 3.05) is 44.7 Å². The lowest BCUT2D eigenvalue weighted by atomic mass is 10.2. The molecule has 0 saturated carbocycles. The third-order valence-corrected chi connectivity index (χ3v) is 4.08. The zero-order valence-electron chi connectivity index (χ0n) is 13.1. The first-order valence-electron chi connectivity index (χ1n) is 8.02. The Bertz CT molecular complexity index is 368. The summed E-state index contributed by atoms with van der Waals surface area (Å²) in [6.07, 6.45) is 3.95. The molecule has 0 aliphatic carbocycles. The van der Waals surface area contributed by atoms with Crippen LogP contribution >= 0.6 is 0 Å². The van der Waals surface area contributed by atoms with Crippen molar-refractivity contribution in [3.05, 3.63) is 29.8 Å². The highest BCUT2D eigenvalue weighted by atomic mass is 15.2. The van der Waals surface area contributed by atoms with Crippen LogP contribution in [0.25, 0.3) is 0 Å². The van der Waals surface area contributed by atoms with E-state index in [0.29, 0.717) is 0 Å². The summed E-state index contributed by atoms with van der Waals surface area (Å²) >= 11 is 0. The molecule has 1 heterocycles. The molecule has 1 aromatic rings. The van der Waals surface area contributed by atoms with Crippen LogP contribution in [-0.4, -0.2) is 44.7 Å². The fourth-order valence-electron chi connectivity index (χ4n) is 2.70. The van der Waals surface area contributed by atoms with Crippen LogP contribution in [-0.2, 0) is 6.54 Å². The molecule has 0 bridgehead atoms. The van der Waals surface area contributed by atoms with Crippen molar-refractivity contribution in [1.82, 2.24) is 10.2 Å². The summed E-state index contributed by atoms with van der Waals surface area (Å²) in [5.41, 5.74) is 2.69. The molecule has 1 N–H and O–H groups in total. The zero-order chi connectivity index (χ0) is 14.2. The van der Waals surface area contributed by atoms with Gasteiger partial charge in [0.15, 0.2) is 0 Å². The van der Waals surface area contributed by atoms with Crippen LogP contribution in [0, 0.1) is 0 Å². The molecular weight excluding hydrogens is 246 g/mol. The minimum Gasteiger partial charge on any atom is -0.373 e. The van der Waals surface area contributed by atoms with Crippen molar-refractivity contribution >= 4 is 5.69 Å². The molecule has 3 nitrogen and oxygen atoms in total. The fraction of sp³-hybridized carbons (Fsp3) is 0.647. The highest BCUT2D eigenvalue weighted by Gasteiger charge is 2.11. The molecule has 1 aliphatic heterocycles. The Kier molecular flexibility index (Phi) is 6.34. The Morgan fingerprint density at radius 2 is 1.85 bits per heavy atom. The average Bonchev–Trinajstić information content (AvgIpc) is 2.99. The van der Waals surface area contributed by atoms with Gasteiger partial charge < -0.3 is 15.1 Å². The Morgan fingerprint density at radius 1 is 1.15 bits per heavy atom. The van der Waals surface area contributed by atoms with E-state index in [-0.39, 0.29) is 0 Å². The second-order valence-corrected chi connectivity index (χ2v) is 5.81. The third kappa shape index (κ3) is 4.80. The van der Waals surface area contributed by atoms with E-state index in [2.05, 4.69) is 53.4 Å². The predicted molar refractivity (Wildman–Crippen MR) is 87.4 cm³/mol. The molecular formula is C17H29N3. The number of nitrogens with zero attached hydrogens (tertiary/aromatic N) is 2. The molecule has 0 unspecified atom stereocenters. The minimum absolute atomic E-state index is 0.978. The topological polar surface area (TPSA) is 18.5 Å². The number of likely N-dealkylation sites (N-methyl/N-ethyl adjacent to an activating group) is 1. The molecule has 1 fully saturated rings. The van der Waals surface area contributed by atoms with Crippen LogP contribution in [0.2, 0.25) is 0 Å². The van der Waals surface area contributed by atoms with E-state index in [9.17, 15) is 0 Å². The Balaban J connectivity index is 1.75. The summed E-state index contributed by atoms with van der Waals surface area (Å²) in [5.74, 6) is 0. The van der Waals surface area contributed by atoms with Gasteiger partial charge in [-0.25, -0.2) is 0 Å². The van der Waals surface area contributed by atoms with Crippen molar-refractivity contribution in [3.8, 4) is 0 Å². The van der Waals surface area contributed by atoms with Gasteiger partial charge in [0.1, 0.15) is 0 Å².